The molecule has 1 aromatic heterocycles. The van der Waals surface area contributed by atoms with Gasteiger partial charge in [-0.15, -0.1) is 0 Å². The smallest absolute Gasteiger partial charge is 0.337 e. The lowest BCUT2D eigenvalue weighted by Crippen LogP contribution is -2.44. The molecule has 2 heterocycles. The molecule has 9 heteroatoms. The maximum absolute atomic E-state index is 12.2. The number of urea groups is 1. The van der Waals surface area contributed by atoms with Crippen molar-refractivity contribution in [3.63, 3.8) is 0 Å². The first-order valence-corrected chi connectivity index (χ1v) is 10.1. The van der Waals surface area contributed by atoms with Crippen LogP contribution in [-0.4, -0.2) is 40.5 Å². The zero-order valence-corrected chi connectivity index (χ0v) is 16.7. The number of hydrogen-bond donors (Lipinski definition) is 2. The topological polar surface area (TPSA) is 85.2 Å². The molecule has 0 saturated carbocycles. The number of thioether (sulfide) groups is 1. The van der Waals surface area contributed by atoms with Crippen molar-refractivity contribution < 1.29 is 14.3 Å². The van der Waals surface area contributed by atoms with E-state index in [1.54, 1.807) is 6.92 Å². The Kier molecular flexibility index (Phi) is 6.28. The van der Waals surface area contributed by atoms with E-state index in [1.807, 2.05) is 18.2 Å². The summed E-state index contributed by atoms with van der Waals surface area (Å²) in [5.74, 6) is -0.0167. The van der Waals surface area contributed by atoms with Crippen LogP contribution in [0, 0.1) is 0 Å². The van der Waals surface area contributed by atoms with Crippen LogP contribution in [0.5, 0.6) is 0 Å². The summed E-state index contributed by atoms with van der Waals surface area (Å²) in [6, 6.07) is 5.32. The van der Waals surface area contributed by atoms with E-state index in [4.69, 9.17) is 16.3 Å². The Balaban J connectivity index is 1.88. The van der Waals surface area contributed by atoms with Crippen molar-refractivity contribution in [1.29, 1.82) is 0 Å². The third-order valence-corrected chi connectivity index (χ3v) is 5.28. The molecule has 0 spiro atoms. The Labute approximate surface area is 166 Å². The van der Waals surface area contributed by atoms with E-state index in [-0.39, 0.29) is 19.2 Å². The molecule has 0 radical (unpaired) electrons. The number of ether oxygens (including phenoxy) is 1. The first-order chi connectivity index (χ1) is 13.0. The fourth-order valence-corrected chi connectivity index (χ4v) is 4.03. The molecular weight excluding hydrogens is 388 g/mol. The first kappa shape index (κ1) is 19.6. The first-order valence-electron chi connectivity index (χ1n) is 8.76. The molecule has 0 aliphatic carbocycles. The van der Waals surface area contributed by atoms with E-state index >= 15 is 0 Å². The van der Waals surface area contributed by atoms with E-state index in [1.165, 1.54) is 11.8 Å². The van der Waals surface area contributed by atoms with Gasteiger partial charge in [0, 0.05) is 23.0 Å². The molecule has 0 bridgehead atoms. The molecule has 1 aliphatic heterocycles. The Hall–Kier alpha value is -2.19. The standard InChI is InChI=1S/C18H21ClN4O3S/c1-3-7-23-15-6-5-11(19)8-13(15)22-18(23)27-10-14-12(16(24)26-4-2)9-20-17(25)21-14/h5-6,8H,3-4,7,9-10H2,1-2H3,(H2,20,21,25). The lowest BCUT2D eigenvalue weighted by atomic mass is 10.2. The molecule has 7 nitrogen and oxygen atoms in total. The minimum Gasteiger partial charge on any atom is -0.463 e. The number of nitrogens with zero attached hydrogens (tertiary/aromatic N) is 2. The van der Waals surface area contributed by atoms with Crippen LogP contribution in [-0.2, 0) is 16.1 Å². The molecule has 144 valence electrons. The van der Waals surface area contributed by atoms with Crippen LogP contribution < -0.4 is 10.6 Å². The summed E-state index contributed by atoms with van der Waals surface area (Å²) >= 11 is 7.55. The Morgan fingerprint density at radius 3 is 2.96 bits per heavy atom. The molecule has 2 amide bonds. The van der Waals surface area contributed by atoms with E-state index in [2.05, 4.69) is 27.1 Å². The fourth-order valence-electron chi connectivity index (χ4n) is 2.84. The number of benzene rings is 1. The number of imidazole rings is 1. The van der Waals surface area contributed by atoms with Gasteiger partial charge in [-0.3, -0.25) is 0 Å². The van der Waals surface area contributed by atoms with Gasteiger partial charge in [-0.25, -0.2) is 14.6 Å². The van der Waals surface area contributed by atoms with Gasteiger partial charge < -0.3 is 19.9 Å². The average molecular weight is 409 g/mol. The number of rotatable bonds is 7. The second-order valence-corrected chi connectivity index (χ2v) is 7.33. The van der Waals surface area contributed by atoms with E-state index in [9.17, 15) is 9.59 Å². The van der Waals surface area contributed by atoms with Crippen LogP contribution in [0.1, 0.15) is 20.3 Å². The van der Waals surface area contributed by atoms with Crippen LogP contribution in [0.3, 0.4) is 0 Å². The zero-order valence-electron chi connectivity index (χ0n) is 15.2. The predicted octanol–water partition coefficient (Wildman–Crippen LogP) is 3.32. The van der Waals surface area contributed by atoms with Gasteiger partial charge in [0.15, 0.2) is 5.16 Å². The zero-order chi connectivity index (χ0) is 19.4. The number of aromatic nitrogens is 2. The monoisotopic (exact) mass is 408 g/mol. The molecule has 0 fully saturated rings. The highest BCUT2D eigenvalue weighted by atomic mass is 35.5. The Morgan fingerprint density at radius 2 is 2.22 bits per heavy atom. The number of carbonyl (C=O) groups is 2. The van der Waals surface area contributed by atoms with E-state index < -0.39 is 5.97 Å². The van der Waals surface area contributed by atoms with Crippen molar-refractivity contribution >= 4 is 46.4 Å². The van der Waals surface area contributed by atoms with Gasteiger partial charge in [0.25, 0.3) is 0 Å². The third-order valence-electron chi connectivity index (χ3n) is 4.04. The number of nitrogens with one attached hydrogen (secondary N) is 2. The van der Waals surface area contributed by atoms with Crippen molar-refractivity contribution in [2.75, 3.05) is 18.9 Å². The number of carbonyl (C=O) groups excluding carboxylic acids is 2. The molecule has 2 N–H and O–H groups in total. The quantitative estimate of drug-likeness (QED) is 0.542. The molecule has 27 heavy (non-hydrogen) atoms. The number of fused-ring (bicyclic) bond motifs is 1. The average Bonchev–Trinajstić information content (AvgIpc) is 2.97. The summed E-state index contributed by atoms with van der Waals surface area (Å²) < 4.78 is 7.22. The summed E-state index contributed by atoms with van der Waals surface area (Å²) in [4.78, 5) is 28.5. The summed E-state index contributed by atoms with van der Waals surface area (Å²) in [6.45, 7) is 5.11. The molecule has 2 aromatic rings. The van der Waals surface area contributed by atoms with Crippen LogP contribution in [0.25, 0.3) is 11.0 Å². The lowest BCUT2D eigenvalue weighted by molar-refractivity contribution is -0.138. The molecular formula is C18H21ClN4O3S. The van der Waals surface area contributed by atoms with Crippen molar-refractivity contribution in [3.05, 3.63) is 34.5 Å². The molecule has 0 unspecified atom stereocenters. The summed E-state index contributed by atoms with van der Waals surface area (Å²) in [5, 5.41) is 6.78. The molecule has 0 saturated heterocycles. The van der Waals surface area contributed by atoms with Crippen LogP contribution >= 0.6 is 23.4 Å². The number of hydrogen-bond acceptors (Lipinski definition) is 5. The van der Waals surface area contributed by atoms with Crippen molar-refractivity contribution in [2.24, 2.45) is 0 Å². The maximum Gasteiger partial charge on any atom is 0.337 e. The predicted molar refractivity (Wildman–Crippen MR) is 106 cm³/mol. The van der Waals surface area contributed by atoms with Crippen molar-refractivity contribution in [2.45, 2.75) is 32.0 Å². The number of amides is 2. The van der Waals surface area contributed by atoms with Crippen LogP contribution in [0.15, 0.2) is 34.6 Å². The maximum atomic E-state index is 12.2. The summed E-state index contributed by atoms with van der Waals surface area (Å²) in [6.07, 6.45) is 0.957. The lowest BCUT2D eigenvalue weighted by Gasteiger charge is -2.21. The molecule has 3 rings (SSSR count). The fraction of sp³-hybridized carbons (Fsp3) is 0.389. The minimum absolute atomic E-state index is 0.154. The van der Waals surface area contributed by atoms with Crippen LogP contribution in [0.4, 0.5) is 4.79 Å². The molecule has 1 aromatic carbocycles. The normalized spacial score (nSPS) is 14.3. The highest BCUT2D eigenvalue weighted by molar-refractivity contribution is 7.99. The number of aryl methyl sites for hydroxylation is 1. The minimum atomic E-state index is -0.422. The van der Waals surface area contributed by atoms with Gasteiger partial charge >= 0.3 is 12.0 Å². The number of esters is 1. The Bertz CT molecular complexity index is 909. The molecule has 1 aliphatic rings. The second-order valence-electron chi connectivity index (χ2n) is 5.95. The van der Waals surface area contributed by atoms with Gasteiger partial charge in [-0.1, -0.05) is 30.3 Å². The third kappa shape index (κ3) is 4.39. The summed E-state index contributed by atoms with van der Waals surface area (Å²) in [5.41, 5.74) is 2.82. The highest BCUT2D eigenvalue weighted by Gasteiger charge is 2.24. The van der Waals surface area contributed by atoms with Crippen molar-refractivity contribution in [3.8, 4) is 0 Å². The van der Waals surface area contributed by atoms with E-state index in [0.29, 0.717) is 22.0 Å². The van der Waals surface area contributed by atoms with Crippen LogP contribution in [0.2, 0.25) is 5.02 Å². The largest absolute Gasteiger partial charge is 0.463 e. The molecule has 0 atom stereocenters. The van der Waals surface area contributed by atoms with Gasteiger partial charge in [0.1, 0.15) is 0 Å². The van der Waals surface area contributed by atoms with Gasteiger partial charge in [0.05, 0.1) is 29.8 Å². The number of halogens is 1. The van der Waals surface area contributed by atoms with Gasteiger partial charge in [-0.2, -0.15) is 0 Å². The second kappa shape index (κ2) is 8.67. The summed E-state index contributed by atoms with van der Waals surface area (Å²) in [7, 11) is 0. The van der Waals surface area contributed by atoms with Gasteiger partial charge in [0.2, 0.25) is 0 Å². The SMILES string of the molecule is CCCn1c(SCC2=C(C(=O)OCC)CNC(=O)N2)nc2cc(Cl)ccc21. The van der Waals surface area contributed by atoms with E-state index in [0.717, 1.165) is 29.2 Å². The van der Waals surface area contributed by atoms with Crippen molar-refractivity contribution in [1.82, 2.24) is 20.2 Å². The highest BCUT2D eigenvalue weighted by Crippen LogP contribution is 2.28. The van der Waals surface area contributed by atoms with Gasteiger partial charge in [-0.05, 0) is 31.5 Å². The Morgan fingerprint density at radius 1 is 1.41 bits per heavy atom.